The molecule has 0 radical (unpaired) electrons. The van der Waals surface area contributed by atoms with Crippen LogP contribution >= 0.6 is 34.8 Å². The van der Waals surface area contributed by atoms with E-state index in [1.54, 1.807) is 30.3 Å². The molecule has 2 rings (SSSR count). The number of ether oxygens (including phenoxy) is 1. The number of hydrogen-bond acceptors (Lipinski definition) is 4. The van der Waals surface area contributed by atoms with Crippen molar-refractivity contribution in [3.63, 3.8) is 0 Å². The van der Waals surface area contributed by atoms with Gasteiger partial charge in [0.05, 0.1) is 10.0 Å². The maximum absolute atomic E-state index is 11.9. The van der Waals surface area contributed by atoms with Crippen molar-refractivity contribution in [2.45, 2.75) is 26.2 Å². The van der Waals surface area contributed by atoms with Gasteiger partial charge in [-0.05, 0) is 49.2 Å². The molecule has 0 saturated heterocycles. The summed E-state index contributed by atoms with van der Waals surface area (Å²) in [5.74, 6) is -1.31. The van der Waals surface area contributed by atoms with Crippen LogP contribution in [0, 0.1) is 6.92 Å². The molecule has 2 aromatic rings. The van der Waals surface area contributed by atoms with Crippen molar-refractivity contribution in [1.82, 2.24) is 0 Å². The Balaban J connectivity index is 1.65. The van der Waals surface area contributed by atoms with Crippen molar-refractivity contribution in [3.8, 4) is 0 Å². The van der Waals surface area contributed by atoms with Crippen molar-refractivity contribution in [2.75, 3.05) is 17.2 Å². The predicted octanol–water partition coefficient (Wildman–Crippen LogP) is 5.25. The minimum atomic E-state index is -0.565. The Morgan fingerprint density at radius 1 is 0.828 bits per heavy atom. The molecule has 0 aliphatic rings. The quantitative estimate of drug-likeness (QED) is 0.531. The highest BCUT2D eigenvalue weighted by Gasteiger charge is 2.10. The number of carbonyl (C=O) groups is 3. The molecule has 0 bridgehead atoms. The zero-order valence-corrected chi connectivity index (χ0v) is 17.8. The van der Waals surface area contributed by atoms with Gasteiger partial charge in [0.1, 0.15) is 0 Å². The number of amides is 2. The lowest BCUT2D eigenvalue weighted by Crippen LogP contribution is -2.21. The van der Waals surface area contributed by atoms with Gasteiger partial charge in [-0.3, -0.25) is 14.4 Å². The lowest BCUT2D eigenvalue weighted by molar-refractivity contribution is -0.147. The molecule has 6 nitrogen and oxygen atoms in total. The van der Waals surface area contributed by atoms with E-state index in [4.69, 9.17) is 39.5 Å². The normalized spacial score (nSPS) is 10.3. The third-order valence-corrected chi connectivity index (χ3v) is 4.95. The monoisotopic (exact) mass is 456 g/mol. The number of anilines is 2. The molecule has 0 aliphatic carbocycles. The van der Waals surface area contributed by atoms with Crippen LogP contribution in [0.4, 0.5) is 11.4 Å². The summed E-state index contributed by atoms with van der Waals surface area (Å²) in [4.78, 5) is 35.5. The van der Waals surface area contributed by atoms with Gasteiger partial charge >= 0.3 is 5.97 Å². The maximum atomic E-state index is 11.9. The van der Waals surface area contributed by atoms with Gasteiger partial charge in [-0.1, -0.05) is 40.9 Å². The van der Waals surface area contributed by atoms with Gasteiger partial charge in [-0.15, -0.1) is 0 Å². The second-order valence-corrected chi connectivity index (χ2v) is 7.43. The van der Waals surface area contributed by atoms with Crippen LogP contribution < -0.4 is 10.6 Å². The first kappa shape index (κ1) is 23.0. The Morgan fingerprint density at radius 3 is 2.10 bits per heavy atom. The zero-order chi connectivity index (χ0) is 21.4. The van der Waals surface area contributed by atoms with Crippen LogP contribution in [0.1, 0.15) is 24.8 Å². The van der Waals surface area contributed by atoms with Crippen molar-refractivity contribution in [2.24, 2.45) is 0 Å². The number of nitrogens with one attached hydrogen (secondary N) is 2. The minimum absolute atomic E-state index is 0.0123. The molecule has 0 unspecified atom stereocenters. The topological polar surface area (TPSA) is 84.5 Å². The summed E-state index contributed by atoms with van der Waals surface area (Å²) in [6, 6.07) is 9.83. The fourth-order valence-electron chi connectivity index (χ4n) is 2.28. The predicted molar refractivity (Wildman–Crippen MR) is 115 cm³/mol. The Morgan fingerprint density at radius 2 is 1.45 bits per heavy atom. The van der Waals surface area contributed by atoms with E-state index >= 15 is 0 Å². The molecule has 0 saturated carbocycles. The average Bonchev–Trinajstić information content (AvgIpc) is 2.66. The van der Waals surface area contributed by atoms with Gasteiger partial charge in [0.2, 0.25) is 5.91 Å². The number of halogens is 3. The van der Waals surface area contributed by atoms with Crippen LogP contribution in [-0.4, -0.2) is 24.4 Å². The Bertz CT molecular complexity index is 919. The van der Waals surface area contributed by atoms with E-state index in [0.29, 0.717) is 26.4 Å². The van der Waals surface area contributed by atoms with Gasteiger partial charge in [0.25, 0.3) is 5.91 Å². The number of hydrogen-bond donors (Lipinski definition) is 2. The lowest BCUT2D eigenvalue weighted by atomic mass is 10.2. The molecule has 0 heterocycles. The largest absolute Gasteiger partial charge is 0.456 e. The molecule has 0 aromatic heterocycles. The summed E-state index contributed by atoms with van der Waals surface area (Å²) < 4.78 is 4.91. The molecule has 9 heteroatoms. The molecular weight excluding hydrogens is 439 g/mol. The number of rotatable bonds is 8. The van der Waals surface area contributed by atoms with E-state index in [9.17, 15) is 14.4 Å². The van der Waals surface area contributed by atoms with E-state index < -0.39 is 18.5 Å². The van der Waals surface area contributed by atoms with E-state index in [1.165, 1.54) is 6.07 Å². The van der Waals surface area contributed by atoms with Gasteiger partial charge < -0.3 is 15.4 Å². The summed E-state index contributed by atoms with van der Waals surface area (Å²) in [7, 11) is 0. The number of benzene rings is 2. The summed E-state index contributed by atoms with van der Waals surface area (Å²) in [6.07, 6.45) is 0.406. The summed E-state index contributed by atoms with van der Waals surface area (Å²) >= 11 is 17.7. The zero-order valence-electron chi connectivity index (χ0n) is 15.6. The highest BCUT2D eigenvalue weighted by molar-refractivity contribution is 6.42. The van der Waals surface area contributed by atoms with Crippen LogP contribution in [0.3, 0.4) is 0 Å². The standard InChI is InChI=1S/C20H19Cl3N2O4/c1-12-5-6-13(9-16(12)22)25-19(27)11-29-20(28)4-2-3-18(26)24-14-7-8-15(21)17(23)10-14/h5-10H,2-4,11H2,1H3,(H,24,26)(H,25,27). The van der Waals surface area contributed by atoms with Crippen LogP contribution in [0.15, 0.2) is 36.4 Å². The highest BCUT2D eigenvalue weighted by atomic mass is 35.5. The number of carbonyl (C=O) groups excluding carboxylic acids is 3. The molecule has 0 atom stereocenters. The van der Waals surface area contributed by atoms with Crippen molar-refractivity contribution in [3.05, 3.63) is 57.0 Å². The van der Waals surface area contributed by atoms with Gasteiger partial charge in [-0.2, -0.15) is 0 Å². The van der Waals surface area contributed by atoms with E-state index in [1.807, 2.05) is 6.92 Å². The summed E-state index contributed by atoms with van der Waals surface area (Å²) in [6.45, 7) is 1.43. The molecule has 29 heavy (non-hydrogen) atoms. The minimum Gasteiger partial charge on any atom is -0.456 e. The van der Waals surface area contributed by atoms with Gasteiger partial charge in [0, 0.05) is 29.2 Å². The fourth-order valence-corrected chi connectivity index (χ4v) is 2.76. The first-order chi connectivity index (χ1) is 13.7. The molecule has 2 N–H and O–H groups in total. The maximum Gasteiger partial charge on any atom is 0.306 e. The fraction of sp³-hybridized carbons (Fsp3) is 0.250. The second kappa shape index (κ2) is 11.0. The Hall–Kier alpha value is -2.28. The van der Waals surface area contributed by atoms with Gasteiger partial charge in [0.15, 0.2) is 6.61 Å². The van der Waals surface area contributed by atoms with Crippen LogP contribution in [0.25, 0.3) is 0 Å². The van der Waals surface area contributed by atoms with E-state index in [-0.39, 0.29) is 25.2 Å². The summed E-state index contributed by atoms with van der Waals surface area (Å²) in [5, 5.41) is 6.50. The molecule has 0 fully saturated rings. The van der Waals surface area contributed by atoms with Crippen LogP contribution in [-0.2, 0) is 19.1 Å². The first-order valence-electron chi connectivity index (χ1n) is 8.71. The smallest absolute Gasteiger partial charge is 0.306 e. The van der Waals surface area contributed by atoms with Crippen LogP contribution in [0.5, 0.6) is 0 Å². The lowest BCUT2D eigenvalue weighted by Gasteiger charge is -2.08. The Labute approximate surface area is 183 Å². The molecule has 0 aliphatic heterocycles. The van der Waals surface area contributed by atoms with Crippen LogP contribution in [0.2, 0.25) is 15.1 Å². The second-order valence-electron chi connectivity index (χ2n) is 6.20. The van der Waals surface area contributed by atoms with Crippen molar-refractivity contribution in [1.29, 1.82) is 0 Å². The number of aryl methyl sites for hydroxylation is 1. The summed E-state index contributed by atoms with van der Waals surface area (Å²) in [5.41, 5.74) is 1.92. The third kappa shape index (κ3) is 7.93. The van der Waals surface area contributed by atoms with E-state index in [2.05, 4.69) is 10.6 Å². The van der Waals surface area contributed by atoms with E-state index in [0.717, 1.165) is 5.56 Å². The molecule has 2 amide bonds. The first-order valence-corrected chi connectivity index (χ1v) is 9.84. The highest BCUT2D eigenvalue weighted by Crippen LogP contribution is 2.25. The molecule has 0 spiro atoms. The Kier molecular flexibility index (Phi) is 8.76. The third-order valence-electron chi connectivity index (χ3n) is 3.81. The SMILES string of the molecule is Cc1ccc(NC(=O)COC(=O)CCCC(=O)Nc2ccc(Cl)c(Cl)c2)cc1Cl. The molecule has 2 aromatic carbocycles. The molecule has 154 valence electrons. The number of esters is 1. The average molecular weight is 458 g/mol. The van der Waals surface area contributed by atoms with Crippen molar-refractivity contribution < 1.29 is 19.1 Å². The van der Waals surface area contributed by atoms with Gasteiger partial charge in [-0.25, -0.2) is 0 Å². The van der Waals surface area contributed by atoms with Crippen molar-refractivity contribution >= 4 is 64.0 Å². The molecular formula is C20H19Cl3N2O4.